The van der Waals surface area contributed by atoms with Gasteiger partial charge in [0.15, 0.2) is 0 Å². The van der Waals surface area contributed by atoms with Gasteiger partial charge in [0.2, 0.25) is 0 Å². The van der Waals surface area contributed by atoms with Gasteiger partial charge in [0, 0.05) is 25.4 Å². The molecule has 1 saturated heterocycles. The standard InChI is InChI=1S/C18H20N6O2/c1-22-12-19-21-17(22)16-7-4-8-23(16)10-13-9-20-24(11-13)15-6-3-2-5-14(15)18(25)26/h2-3,5-6,9,11-12,16H,4,7-8,10H2,1H3,(H,25,26)/t16-/m0/s1. The summed E-state index contributed by atoms with van der Waals surface area (Å²) in [5.41, 5.74) is 1.84. The van der Waals surface area contributed by atoms with Gasteiger partial charge in [-0.1, -0.05) is 12.1 Å². The largest absolute Gasteiger partial charge is 0.478 e. The molecule has 1 aromatic carbocycles. The quantitative estimate of drug-likeness (QED) is 0.756. The van der Waals surface area contributed by atoms with Gasteiger partial charge < -0.3 is 9.67 Å². The Morgan fingerprint density at radius 3 is 2.96 bits per heavy atom. The summed E-state index contributed by atoms with van der Waals surface area (Å²) in [5.74, 6) is 0.0191. The van der Waals surface area contributed by atoms with Gasteiger partial charge in [0.05, 0.1) is 23.5 Å². The highest BCUT2D eigenvalue weighted by atomic mass is 16.4. The number of carboxylic acid groups (broad SMARTS) is 1. The van der Waals surface area contributed by atoms with E-state index in [9.17, 15) is 9.90 Å². The molecule has 8 heteroatoms. The number of aromatic nitrogens is 5. The highest BCUT2D eigenvalue weighted by Crippen LogP contribution is 2.31. The van der Waals surface area contributed by atoms with E-state index in [0.717, 1.165) is 37.3 Å². The fourth-order valence-electron chi connectivity index (χ4n) is 3.56. The van der Waals surface area contributed by atoms with Crippen LogP contribution in [0.1, 0.15) is 40.6 Å². The average molecular weight is 352 g/mol. The van der Waals surface area contributed by atoms with Crippen molar-refractivity contribution >= 4 is 5.97 Å². The van der Waals surface area contributed by atoms with Crippen LogP contribution in [0.5, 0.6) is 0 Å². The summed E-state index contributed by atoms with van der Waals surface area (Å²) in [4.78, 5) is 13.8. The highest BCUT2D eigenvalue weighted by Gasteiger charge is 2.29. The minimum Gasteiger partial charge on any atom is -0.478 e. The molecule has 3 aromatic rings. The van der Waals surface area contributed by atoms with E-state index < -0.39 is 5.97 Å². The molecule has 0 aliphatic carbocycles. The zero-order valence-corrected chi connectivity index (χ0v) is 14.5. The molecule has 0 amide bonds. The molecule has 26 heavy (non-hydrogen) atoms. The summed E-state index contributed by atoms with van der Waals surface area (Å²) < 4.78 is 3.60. The number of aromatic carboxylic acids is 1. The van der Waals surface area contributed by atoms with Crippen LogP contribution in [0.2, 0.25) is 0 Å². The molecular weight excluding hydrogens is 332 g/mol. The van der Waals surface area contributed by atoms with E-state index in [2.05, 4.69) is 20.2 Å². The number of carbonyl (C=O) groups is 1. The first-order chi connectivity index (χ1) is 12.6. The van der Waals surface area contributed by atoms with Crippen LogP contribution in [-0.4, -0.2) is 47.1 Å². The molecule has 1 aliphatic rings. The molecule has 8 nitrogen and oxygen atoms in total. The van der Waals surface area contributed by atoms with Crippen LogP contribution in [0.4, 0.5) is 0 Å². The van der Waals surface area contributed by atoms with Crippen molar-refractivity contribution < 1.29 is 9.90 Å². The normalized spacial score (nSPS) is 17.7. The third-order valence-corrected chi connectivity index (χ3v) is 4.81. The van der Waals surface area contributed by atoms with Gasteiger partial charge in [-0.05, 0) is 31.5 Å². The van der Waals surface area contributed by atoms with Crippen LogP contribution in [0, 0.1) is 0 Å². The number of hydrogen-bond acceptors (Lipinski definition) is 5. The van der Waals surface area contributed by atoms with Gasteiger partial charge >= 0.3 is 5.97 Å². The Kier molecular flexibility index (Phi) is 4.26. The minimum atomic E-state index is -0.959. The van der Waals surface area contributed by atoms with Crippen LogP contribution in [0.25, 0.3) is 5.69 Å². The summed E-state index contributed by atoms with van der Waals surface area (Å²) in [6, 6.07) is 7.13. The highest BCUT2D eigenvalue weighted by molar-refractivity contribution is 5.91. The molecule has 1 aliphatic heterocycles. The Balaban J connectivity index is 1.56. The monoisotopic (exact) mass is 352 g/mol. The van der Waals surface area contributed by atoms with E-state index in [0.29, 0.717) is 5.69 Å². The first-order valence-corrected chi connectivity index (χ1v) is 8.57. The summed E-state index contributed by atoms with van der Waals surface area (Å²) >= 11 is 0. The summed E-state index contributed by atoms with van der Waals surface area (Å²) in [6.45, 7) is 1.74. The second-order valence-corrected chi connectivity index (χ2v) is 6.54. The van der Waals surface area contributed by atoms with E-state index in [1.54, 1.807) is 35.4 Å². The van der Waals surface area contributed by atoms with Crippen molar-refractivity contribution in [3.05, 3.63) is 59.9 Å². The first kappa shape index (κ1) is 16.5. The molecule has 134 valence electrons. The number of nitrogens with zero attached hydrogens (tertiary/aromatic N) is 6. The van der Waals surface area contributed by atoms with Gasteiger partial charge in [-0.15, -0.1) is 10.2 Å². The maximum Gasteiger partial charge on any atom is 0.337 e. The fourth-order valence-corrected chi connectivity index (χ4v) is 3.56. The van der Waals surface area contributed by atoms with Crippen molar-refractivity contribution in [1.82, 2.24) is 29.4 Å². The molecule has 0 saturated carbocycles. The van der Waals surface area contributed by atoms with Crippen LogP contribution in [0.15, 0.2) is 43.0 Å². The van der Waals surface area contributed by atoms with E-state index in [4.69, 9.17) is 0 Å². The van der Waals surface area contributed by atoms with Gasteiger partial charge in [-0.25, -0.2) is 9.48 Å². The van der Waals surface area contributed by atoms with E-state index in [1.165, 1.54) is 0 Å². The number of likely N-dealkylation sites (tertiary alicyclic amines) is 1. The van der Waals surface area contributed by atoms with Gasteiger partial charge in [-0.3, -0.25) is 4.90 Å². The van der Waals surface area contributed by atoms with E-state index >= 15 is 0 Å². The zero-order valence-electron chi connectivity index (χ0n) is 14.5. The number of rotatable bonds is 5. The molecular formula is C18H20N6O2. The molecule has 1 fully saturated rings. The molecule has 0 spiro atoms. The lowest BCUT2D eigenvalue weighted by molar-refractivity contribution is 0.0696. The van der Waals surface area contributed by atoms with Crippen LogP contribution >= 0.6 is 0 Å². The summed E-state index contributed by atoms with van der Waals surface area (Å²) in [6.07, 6.45) is 7.60. The maximum atomic E-state index is 11.4. The van der Waals surface area contributed by atoms with Crippen LogP contribution < -0.4 is 0 Å². The van der Waals surface area contributed by atoms with Crippen molar-refractivity contribution in [3.8, 4) is 5.69 Å². The Labute approximate surface area is 150 Å². The predicted octanol–water partition coefficient (Wildman–Crippen LogP) is 2.04. The number of benzene rings is 1. The lowest BCUT2D eigenvalue weighted by Crippen LogP contribution is -2.24. The molecule has 3 heterocycles. The lowest BCUT2D eigenvalue weighted by Gasteiger charge is -2.22. The molecule has 0 radical (unpaired) electrons. The second kappa shape index (κ2) is 6.72. The van der Waals surface area contributed by atoms with E-state index in [-0.39, 0.29) is 11.6 Å². The molecule has 0 unspecified atom stereocenters. The Morgan fingerprint density at radius 1 is 1.35 bits per heavy atom. The van der Waals surface area contributed by atoms with Gasteiger partial charge in [0.1, 0.15) is 12.2 Å². The first-order valence-electron chi connectivity index (χ1n) is 8.57. The molecule has 4 rings (SSSR count). The molecule has 1 N–H and O–H groups in total. The van der Waals surface area contributed by atoms with Crippen LogP contribution in [-0.2, 0) is 13.6 Å². The van der Waals surface area contributed by atoms with Gasteiger partial charge in [-0.2, -0.15) is 5.10 Å². The van der Waals surface area contributed by atoms with E-state index in [1.807, 2.05) is 23.9 Å². The van der Waals surface area contributed by atoms with Crippen molar-refractivity contribution in [1.29, 1.82) is 0 Å². The Hall–Kier alpha value is -3.00. The number of hydrogen-bond donors (Lipinski definition) is 1. The third kappa shape index (κ3) is 2.99. The topological polar surface area (TPSA) is 89.1 Å². The predicted molar refractivity (Wildman–Crippen MR) is 93.9 cm³/mol. The number of carboxylic acids is 1. The Morgan fingerprint density at radius 2 is 2.19 bits per heavy atom. The van der Waals surface area contributed by atoms with Crippen LogP contribution in [0.3, 0.4) is 0 Å². The average Bonchev–Trinajstić information content (AvgIpc) is 3.36. The summed E-state index contributed by atoms with van der Waals surface area (Å²) in [5, 5.41) is 22.0. The third-order valence-electron chi connectivity index (χ3n) is 4.81. The maximum absolute atomic E-state index is 11.4. The van der Waals surface area contributed by atoms with Crippen molar-refractivity contribution in [2.45, 2.75) is 25.4 Å². The van der Waals surface area contributed by atoms with Crippen molar-refractivity contribution in [2.24, 2.45) is 7.05 Å². The zero-order chi connectivity index (χ0) is 18.1. The summed E-state index contributed by atoms with van der Waals surface area (Å²) in [7, 11) is 1.96. The molecule has 1 atom stereocenters. The van der Waals surface area contributed by atoms with Gasteiger partial charge in [0.25, 0.3) is 0 Å². The molecule has 0 bridgehead atoms. The SMILES string of the molecule is Cn1cnnc1[C@@H]1CCCN1Cc1cnn(-c2ccccc2C(=O)O)c1. The second-order valence-electron chi connectivity index (χ2n) is 6.54. The van der Waals surface area contributed by atoms with Crippen molar-refractivity contribution in [3.63, 3.8) is 0 Å². The number of para-hydroxylation sites is 1. The smallest absolute Gasteiger partial charge is 0.337 e. The minimum absolute atomic E-state index is 0.236. The number of aryl methyl sites for hydroxylation is 1. The Bertz CT molecular complexity index is 931. The lowest BCUT2D eigenvalue weighted by atomic mass is 10.2. The molecule has 2 aromatic heterocycles. The van der Waals surface area contributed by atoms with Crippen molar-refractivity contribution in [2.75, 3.05) is 6.54 Å². The fraction of sp³-hybridized carbons (Fsp3) is 0.333.